The first-order chi connectivity index (χ1) is 15.5. The van der Waals surface area contributed by atoms with E-state index in [2.05, 4.69) is 6.92 Å². The largest absolute Gasteiger partial charge is 0.494 e. The van der Waals surface area contributed by atoms with Crippen molar-refractivity contribution in [2.75, 3.05) is 13.2 Å². The van der Waals surface area contributed by atoms with Gasteiger partial charge in [-0.15, -0.1) is 0 Å². The second-order valence-electron chi connectivity index (χ2n) is 8.11. The van der Waals surface area contributed by atoms with Gasteiger partial charge in [0.2, 0.25) is 11.2 Å². The average molecular weight is 429 g/mol. The maximum Gasteiger partial charge on any atom is 0.235 e. The lowest BCUT2D eigenvalue weighted by molar-refractivity contribution is 0.263. The van der Waals surface area contributed by atoms with E-state index in [1.165, 1.54) is 5.56 Å². The molecule has 0 N–H and O–H groups in total. The predicted octanol–water partition coefficient (Wildman–Crippen LogP) is 6.62. The highest BCUT2D eigenvalue weighted by Crippen LogP contribution is 2.31. The van der Waals surface area contributed by atoms with Crippen molar-refractivity contribution >= 4 is 11.0 Å². The van der Waals surface area contributed by atoms with Gasteiger partial charge in [0, 0.05) is 5.56 Å². The Bertz CT molecular complexity index is 1250. The van der Waals surface area contributed by atoms with Crippen LogP contribution in [0.2, 0.25) is 0 Å². The maximum atomic E-state index is 13.3. The van der Waals surface area contributed by atoms with Crippen molar-refractivity contribution in [3.8, 4) is 22.8 Å². The van der Waals surface area contributed by atoms with E-state index in [0.29, 0.717) is 29.9 Å². The number of aryl methyl sites for hydroxylation is 3. The van der Waals surface area contributed by atoms with Crippen LogP contribution in [-0.4, -0.2) is 13.2 Å². The van der Waals surface area contributed by atoms with E-state index in [4.69, 9.17) is 13.9 Å². The van der Waals surface area contributed by atoms with Crippen LogP contribution >= 0.6 is 0 Å². The van der Waals surface area contributed by atoms with Crippen LogP contribution in [0.3, 0.4) is 0 Å². The third kappa shape index (κ3) is 4.86. The summed E-state index contributed by atoms with van der Waals surface area (Å²) in [6, 6.07) is 21.4. The zero-order chi connectivity index (χ0) is 22.5. The van der Waals surface area contributed by atoms with Crippen LogP contribution in [0.5, 0.6) is 11.5 Å². The molecule has 32 heavy (non-hydrogen) atoms. The monoisotopic (exact) mass is 428 g/mol. The minimum atomic E-state index is -0.135. The normalized spacial score (nSPS) is 11.0. The predicted molar refractivity (Wildman–Crippen MR) is 129 cm³/mol. The number of fused-ring (bicyclic) bond motifs is 1. The zero-order valence-electron chi connectivity index (χ0n) is 18.8. The molecule has 164 valence electrons. The van der Waals surface area contributed by atoms with E-state index < -0.39 is 0 Å². The molecular formula is C28H28O4. The Morgan fingerprint density at radius 1 is 0.781 bits per heavy atom. The van der Waals surface area contributed by atoms with Crippen molar-refractivity contribution in [1.82, 2.24) is 0 Å². The van der Waals surface area contributed by atoms with Crippen LogP contribution in [0.4, 0.5) is 0 Å². The summed E-state index contributed by atoms with van der Waals surface area (Å²) in [7, 11) is 0. The molecule has 1 aromatic heterocycles. The number of rotatable bonds is 8. The molecule has 0 spiro atoms. The molecule has 0 fully saturated rings. The van der Waals surface area contributed by atoms with Crippen LogP contribution < -0.4 is 14.9 Å². The zero-order valence-corrected chi connectivity index (χ0v) is 18.8. The lowest BCUT2D eigenvalue weighted by atomic mass is 10.0. The molecule has 0 aliphatic carbocycles. The van der Waals surface area contributed by atoms with Crippen molar-refractivity contribution in [2.45, 2.75) is 33.6 Å². The summed E-state index contributed by atoms with van der Waals surface area (Å²) < 4.78 is 18.0. The van der Waals surface area contributed by atoms with Crippen molar-refractivity contribution in [1.29, 1.82) is 0 Å². The molecule has 0 saturated carbocycles. The molecule has 4 nitrogen and oxygen atoms in total. The Kier molecular flexibility index (Phi) is 6.60. The van der Waals surface area contributed by atoms with Crippen molar-refractivity contribution in [3.05, 3.63) is 93.6 Å². The van der Waals surface area contributed by atoms with Gasteiger partial charge in [-0.2, -0.15) is 0 Å². The molecular weight excluding hydrogens is 400 g/mol. The Hall–Kier alpha value is -3.53. The number of benzene rings is 3. The maximum absolute atomic E-state index is 13.3. The molecule has 0 aliphatic heterocycles. The fourth-order valence-corrected chi connectivity index (χ4v) is 3.55. The van der Waals surface area contributed by atoms with Gasteiger partial charge in [0.15, 0.2) is 5.76 Å². The van der Waals surface area contributed by atoms with E-state index >= 15 is 0 Å². The van der Waals surface area contributed by atoms with E-state index in [9.17, 15) is 4.79 Å². The third-order valence-corrected chi connectivity index (χ3v) is 5.58. The van der Waals surface area contributed by atoms with Crippen LogP contribution in [-0.2, 0) is 0 Å². The molecule has 0 saturated heterocycles. The van der Waals surface area contributed by atoms with Crippen molar-refractivity contribution in [2.24, 2.45) is 0 Å². The second kappa shape index (κ2) is 9.73. The molecule has 1 heterocycles. The lowest BCUT2D eigenvalue weighted by Gasteiger charge is -2.13. The highest BCUT2D eigenvalue weighted by Gasteiger charge is 2.18. The Labute approximate surface area is 188 Å². The number of hydrogen-bond acceptors (Lipinski definition) is 4. The fraction of sp³-hybridized carbons (Fsp3) is 0.250. The third-order valence-electron chi connectivity index (χ3n) is 5.58. The quantitative estimate of drug-likeness (QED) is 0.296. The van der Waals surface area contributed by atoms with Crippen LogP contribution in [0.15, 0.2) is 75.9 Å². The minimum absolute atomic E-state index is 0.135. The molecule has 0 unspecified atom stereocenters. The Balaban J connectivity index is 1.50. The summed E-state index contributed by atoms with van der Waals surface area (Å²) >= 11 is 0. The van der Waals surface area contributed by atoms with Crippen molar-refractivity contribution in [3.63, 3.8) is 0 Å². The molecule has 0 radical (unpaired) electrons. The molecule has 0 bridgehead atoms. The molecule has 0 amide bonds. The van der Waals surface area contributed by atoms with Gasteiger partial charge in [-0.25, -0.2) is 0 Å². The lowest BCUT2D eigenvalue weighted by Crippen LogP contribution is -2.12. The highest BCUT2D eigenvalue weighted by molar-refractivity contribution is 5.83. The van der Waals surface area contributed by atoms with Gasteiger partial charge in [-0.3, -0.25) is 4.79 Å². The minimum Gasteiger partial charge on any atom is -0.494 e. The first-order valence-corrected chi connectivity index (χ1v) is 11.0. The Morgan fingerprint density at radius 3 is 2.16 bits per heavy atom. The van der Waals surface area contributed by atoms with Crippen molar-refractivity contribution < 1.29 is 13.9 Å². The van der Waals surface area contributed by atoms with Gasteiger partial charge in [0.05, 0.1) is 18.6 Å². The van der Waals surface area contributed by atoms with E-state index in [0.717, 1.165) is 35.3 Å². The summed E-state index contributed by atoms with van der Waals surface area (Å²) in [5.41, 5.74) is 4.61. The number of hydrogen-bond donors (Lipinski definition) is 0. The Morgan fingerprint density at radius 2 is 1.44 bits per heavy atom. The number of ether oxygens (including phenoxy) is 2. The second-order valence-corrected chi connectivity index (χ2v) is 8.11. The topological polar surface area (TPSA) is 48.7 Å². The summed E-state index contributed by atoms with van der Waals surface area (Å²) in [5, 5.41) is 0.547. The van der Waals surface area contributed by atoms with Gasteiger partial charge in [0.25, 0.3) is 0 Å². The molecule has 3 aromatic carbocycles. The van der Waals surface area contributed by atoms with E-state index in [-0.39, 0.29) is 11.2 Å². The van der Waals surface area contributed by atoms with Gasteiger partial charge in [-0.05, 0) is 69.0 Å². The fourth-order valence-electron chi connectivity index (χ4n) is 3.55. The average Bonchev–Trinajstić information content (AvgIpc) is 2.80. The van der Waals surface area contributed by atoms with E-state index in [1.807, 2.05) is 80.6 Å². The molecule has 0 atom stereocenters. The molecule has 0 aliphatic rings. The van der Waals surface area contributed by atoms with Gasteiger partial charge in [-0.1, -0.05) is 48.0 Å². The summed E-state index contributed by atoms with van der Waals surface area (Å²) in [4.78, 5) is 13.3. The first-order valence-electron chi connectivity index (χ1n) is 11.0. The van der Waals surface area contributed by atoms with Gasteiger partial charge < -0.3 is 13.9 Å². The van der Waals surface area contributed by atoms with E-state index in [1.54, 1.807) is 0 Å². The molecule has 4 rings (SSSR count). The van der Waals surface area contributed by atoms with Crippen LogP contribution in [0, 0.1) is 20.8 Å². The van der Waals surface area contributed by atoms with Crippen LogP contribution in [0.25, 0.3) is 22.3 Å². The van der Waals surface area contributed by atoms with Crippen LogP contribution in [0.1, 0.15) is 29.5 Å². The summed E-state index contributed by atoms with van der Waals surface area (Å²) in [6.45, 7) is 7.07. The highest BCUT2D eigenvalue weighted by atomic mass is 16.5. The summed E-state index contributed by atoms with van der Waals surface area (Å²) in [6.07, 6.45) is 1.59. The SMILES string of the molecule is Cc1ccc(OCCCCOc2c(-c3ccccc3)oc3cc(C)c(C)cc3c2=O)cc1. The number of unbranched alkanes of at least 4 members (excludes halogenated alkanes) is 1. The molecule has 4 aromatic rings. The smallest absolute Gasteiger partial charge is 0.235 e. The standard InChI is InChI=1S/C28H28O4/c1-19-11-13-23(14-12-19)30-15-7-8-16-31-28-26(29)24-17-20(2)21(3)18-25(24)32-27(28)22-9-5-4-6-10-22/h4-6,9-14,17-18H,7-8,15-16H2,1-3H3. The van der Waals surface area contributed by atoms with Gasteiger partial charge in [0.1, 0.15) is 11.3 Å². The van der Waals surface area contributed by atoms with Gasteiger partial charge >= 0.3 is 0 Å². The first kappa shape index (κ1) is 21.7. The summed E-state index contributed by atoms with van der Waals surface area (Å²) in [5.74, 6) is 1.61. The molecule has 4 heteroatoms.